The zero-order valence-corrected chi connectivity index (χ0v) is 8.77. The van der Waals surface area contributed by atoms with Crippen molar-refractivity contribution in [3.63, 3.8) is 0 Å². The second-order valence-corrected chi connectivity index (χ2v) is 3.31. The van der Waals surface area contributed by atoms with E-state index < -0.39 is 5.97 Å². The number of benzene rings is 1. The van der Waals surface area contributed by atoms with E-state index in [0.29, 0.717) is 30.0 Å². The highest BCUT2D eigenvalue weighted by Crippen LogP contribution is 2.19. The summed E-state index contributed by atoms with van der Waals surface area (Å²) in [5.74, 6) is -0.511. The number of rotatable bonds is 4. The molecule has 0 bridgehead atoms. The van der Waals surface area contributed by atoms with E-state index in [1.807, 2.05) is 0 Å². The van der Waals surface area contributed by atoms with Crippen LogP contribution < -0.4 is 0 Å². The Morgan fingerprint density at radius 1 is 1.56 bits per heavy atom. The van der Waals surface area contributed by atoms with Crippen molar-refractivity contribution >= 4 is 17.1 Å². The number of hydrogen-bond donors (Lipinski definition) is 1. The fourth-order valence-electron chi connectivity index (χ4n) is 1.46. The van der Waals surface area contributed by atoms with Crippen LogP contribution in [0, 0.1) is 0 Å². The topological polar surface area (TPSA) is 72.6 Å². The van der Waals surface area contributed by atoms with Gasteiger partial charge in [-0.15, -0.1) is 0 Å². The molecule has 0 fully saturated rings. The number of ether oxygens (including phenoxy) is 1. The maximum Gasteiger partial charge on any atom is 0.338 e. The van der Waals surface area contributed by atoms with Gasteiger partial charge in [0.25, 0.3) is 0 Å². The average molecular weight is 221 g/mol. The summed E-state index contributed by atoms with van der Waals surface area (Å²) in [5.41, 5.74) is 1.04. The van der Waals surface area contributed by atoms with E-state index in [9.17, 15) is 4.79 Å². The molecule has 0 unspecified atom stereocenters. The lowest BCUT2D eigenvalue weighted by atomic mass is 10.2. The second kappa shape index (κ2) is 4.32. The summed E-state index contributed by atoms with van der Waals surface area (Å²) in [7, 11) is 1.59. The number of methoxy groups -OCH3 is 1. The van der Waals surface area contributed by atoms with E-state index in [4.69, 9.17) is 14.3 Å². The van der Waals surface area contributed by atoms with E-state index in [0.717, 1.165) is 0 Å². The lowest BCUT2D eigenvalue weighted by Gasteiger charge is -1.92. The van der Waals surface area contributed by atoms with Gasteiger partial charge in [-0.1, -0.05) is 6.07 Å². The van der Waals surface area contributed by atoms with Crippen molar-refractivity contribution in [2.45, 2.75) is 6.42 Å². The predicted octanol–water partition coefficient (Wildman–Crippen LogP) is 1.71. The molecule has 1 aromatic heterocycles. The Kier molecular flexibility index (Phi) is 2.87. The van der Waals surface area contributed by atoms with Crippen molar-refractivity contribution in [3.05, 3.63) is 29.7 Å². The van der Waals surface area contributed by atoms with E-state index in [2.05, 4.69) is 4.98 Å². The number of oxazole rings is 1. The lowest BCUT2D eigenvalue weighted by molar-refractivity contribution is 0.0699. The number of nitrogens with zero attached hydrogens (tertiary/aromatic N) is 1. The number of carboxylic acids is 1. The van der Waals surface area contributed by atoms with Gasteiger partial charge in [0.15, 0.2) is 11.5 Å². The number of para-hydroxylation sites is 1. The average Bonchev–Trinajstić information content (AvgIpc) is 2.68. The van der Waals surface area contributed by atoms with Crippen molar-refractivity contribution in [2.24, 2.45) is 0 Å². The minimum Gasteiger partial charge on any atom is -0.478 e. The van der Waals surface area contributed by atoms with Gasteiger partial charge < -0.3 is 14.3 Å². The Balaban J connectivity index is 2.44. The molecule has 0 aliphatic carbocycles. The highest BCUT2D eigenvalue weighted by atomic mass is 16.5. The summed E-state index contributed by atoms with van der Waals surface area (Å²) in [6.07, 6.45) is 0.532. The molecule has 0 amide bonds. The molecule has 16 heavy (non-hydrogen) atoms. The van der Waals surface area contributed by atoms with Crippen molar-refractivity contribution in [1.29, 1.82) is 0 Å². The van der Waals surface area contributed by atoms with Crippen LogP contribution in [0.3, 0.4) is 0 Å². The Labute approximate surface area is 91.7 Å². The van der Waals surface area contributed by atoms with Crippen LogP contribution in [0.2, 0.25) is 0 Å². The van der Waals surface area contributed by atoms with Gasteiger partial charge in [0, 0.05) is 13.5 Å². The molecule has 0 atom stereocenters. The predicted molar refractivity (Wildman–Crippen MR) is 56.5 cm³/mol. The van der Waals surface area contributed by atoms with Gasteiger partial charge in [-0.05, 0) is 12.1 Å². The molecule has 2 rings (SSSR count). The van der Waals surface area contributed by atoms with Crippen LogP contribution in [0.5, 0.6) is 0 Å². The van der Waals surface area contributed by atoms with Crippen molar-refractivity contribution in [1.82, 2.24) is 4.98 Å². The number of aromatic nitrogens is 1. The lowest BCUT2D eigenvalue weighted by Crippen LogP contribution is -1.97. The third kappa shape index (κ3) is 1.90. The molecule has 0 saturated carbocycles. The third-order valence-corrected chi connectivity index (χ3v) is 2.21. The first-order chi connectivity index (χ1) is 7.72. The van der Waals surface area contributed by atoms with Crippen LogP contribution in [0.4, 0.5) is 0 Å². The van der Waals surface area contributed by atoms with E-state index >= 15 is 0 Å². The Hall–Kier alpha value is -1.88. The first-order valence-electron chi connectivity index (χ1n) is 4.83. The first-order valence-corrected chi connectivity index (χ1v) is 4.83. The molecule has 0 aliphatic heterocycles. The Bertz CT molecular complexity index is 518. The van der Waals surface area contributed by atoms with Crippen LogP contribution in [-0.2, 0) is 11.2 Å². The quantitative estimate of drug-likeness (QED) is 0.850. The fraction of sp³-hybridized carbons (Fsp3) is 0.273. The first kappa shape index (κ1) is 10.6. The van der Waals surface area contributed by atoms with Crippen molar-refractivity contribution in [2.75, 3.05) is 13.7 Å². The maximum atomic E-state index is 10.9. The molecule has 0 radical (unpaired) electrons. The van der Waals surface area contributed by atoms with Crippen LogP contribution in [0.25, 0.3) is 11.1 Å². The van der Waals surface area contributed by atoms with Gasteiger partial charge in [-0.2, -0.15) is 0 Å². The summed E-state index contributed by atoms with van der Waals surface area (Å²) in [6, 6.07) is 4.84. The van der Waals surface area contributed by atoms with Crippen molar-refractivity contribution < 1.29 is 19.1 Å². The number of hydrogen-bond acceptors (Lipinski definition) is 4. The van der Waals surface area contributed by atoms with Gasteiger partial charge in [-0.25, -0.2) is 9.78 Å². The SMILES string of the molecule is COCCc1nc2c(C(=O)O)cccc2o1. The number of aromatic carboxylic acids is 1. The smallest absolute Gasteiger partial charge is 0.338 e. The molecule has 0 spiro atoms. The molecular formula is C11H11NO4. The standard InChI is InChI=1S/C11H11NO4/c1-15-6-5-9-12-10-7(11(13)14)3-2-4-8(10)16-9/h2-4H,5-6H2,1H3,(H,13,14). The molecule has 84 valence electrons. The summed E-state index contributed by atoms with van der Waals surface area (Å²) in [4.78, 5) is 15.1. The molecule has 1 N–H and O–H groups in total. The van der Waals surface area contributed by atoms with Gasteiger partial charge in [0.1, 0.15) is 5.52 Å². The van der Waals surface area contributed by atoms with E-state index in [1.165, 1.54) is 6.07 Å². The van der Waals surface area contributed by atoms with Crippen molar-refractivity contribution in [3.8, 4) is 0 Å². The fourth-order valence-corrected chi connectivity index (χ4v) is 1.46. The van der Waals surface area contributed by atoms with E-state index in [1.54, 1.807) is 19.2 Å². The second-order valence-electron chi connectivity index (χ2n) is 3.31. The largest absolute Gasteiger partial charge is 0.478 e. The van der Waals surface area contributed by atoms with Gasteiger partial charge in [-0.3, -0.25) is 0 Å². The monoisotopic (exact) mass is 221 g/mol. The highest BCUT2D eigenvalue weighted by Gasteiger charge is 2.13. The normalized spacial score (nSPS) is 10.8. The molecule has 0 aliphatic rings. The van der Waals surface area contributed by atoms with Crippen LogP contribution >= 0.6 is 0 Å². The zero-order chi connectivity index (χ0) is 11.5. The van der Waals surface area contributed by atoms with E-state index in [-0.39, 0.29) is 5.56 Å². The molecule has 1 heterocycles. The summed E-state index contributed by atoms with van der Waals surface area (Å²) >= 11 is 0. The molecule has 1 aromatic carbocycles. The van der Waals surface area contributed by atoms with Gasteiger partial charge in [0.05, 0.1) is 12.2 Å². The van der Waals surface area contributed by atoms with Crippen LogP contribution in [0.15, 0.2) is 22.6 Å². The number of carboxylic acid groups (broad SMARTS) is 1. The number of fused-ring (bicyclic) bond motifs is 1. The Morgan fingerprint density at radius 3 is 3.06 bits per heavy atom. The Morgan fingerprint density at radius 2 is 2.38 bits per heavy atom. The molecule has 0 saturated heterocycles. The highest BCUT2D eigenvalue weighted by molar-refractivity contribution is 6.00. The summed E-state index contributed by atoms with van der Waals surface area (Å²) in [6.45, 7) is 0.495. The molecular weight excluding hydrogens is 210 g/mol. The van der Waals surface area contributed by atoms with Crippen LogP contribution in [-0.4, -0.2) is 29.8 Å². The summed E-state index contributed by atoms with van der Waals surface area (Å²) < 4.78 is 10.3. The van der Waals surface area contributed by atoms with Gasteiger partial charge in [0.2, 0.25) is 0 Å². The molecule has 2 aromatic rings. The van der Waals surface area contributed by atoms with Crippen LogP contribution in [0.1, 0.15) is 16.2 Å². The molecule has 5 heteroatoms. The summed E-state index contributed by atoms with van der Waals surface area (Å²) in [5, 5.41) is 8.96. The minimum absolute atomic E-state index is 0.157. The third-order valence-electron chi connectivity index (χ3n) is 2.21. The maximum absolute atomic E-state index is 10.9. The zero-order valence-electron chi connectivity index (χ0n) is 8.77. The number of carbonyl (C=O) groups is 1. The van der Waals surface area contributed by atoms with Gasteiger partial charge >= 0.3 is 5.97 Å². The molecule has 5 nitrogen and oxygen atoms in total. The minimum atomic E-state index is -1.00.